The average molecular weight is 407 g/mol. The van der Waals surface area contributed by atoms with Crippen LogP contribution in [0, 0.1) is 6.92 Å². The van der Waals surface area contributed by atoms with Gasteiger partial charge in [0.2, 0.25) is 9.84 Å². The van der Waals surface area contributed by atoms with Crippen LogP contribution in [0.15, 0.2) is 65.0 Å². The third kappa shape index (κ3) is 3.90. The molecule has 1 N–H and O–H groups in total. The maximum atomic E-state index is 12.7. The third-order valence-electron chi connectivity index (χ3n) is 4.50. The smallest absolute Gasteiger partial charge is 0.225 e. The molecule has 0 bridgehead atoms. The fourth-order valence-corrected chi connectivity index (χ4v) is 4.12. The monoisotopic (exact) mass is 407 g/mol. The molecule has 29 heavy (non-hydrogen) atoms. The number of Topliss-reactive ketones (excluding diaryl/α,β-unsaturated/α-hetero) is 1. The van der Waals surface area contributed by atoms with E-state index in [2.05, 4.69) is 25.1 Å². The van der Waals surface area contributed by atoms with Gasteiger partial charge in [-0.2, -0.15) is 5.10 Å². The number of nitrogens with one attached hydrogen (secondary N) is 1. The van der Waals surface area contributed by atoms with Crippen LogP contribution in [0.25, 0.3) is 11.0 Å². The largest absolute Gasteiger partial charge is 0.294 e. The minimum atomic E-state index is -3.73. The molecule has 0 atom stereocenters. The molecule has 9 heteroatoms. The number of aromatic amines is 1. The molecule has 0 aliphatic carbocycles. The Labute approximate surface area is 167 Å². The second-order valence-corrected chi connectivity index (χ2v) is 8.50. The van der Waals surface area contributed by atoms with Gasteiger partial charge in [0.1, 0.15) is 0 Å². The lowest BCUT2D eigenvalue weighted by Gasteiger charge is -2.06. The van der Waals surface area contributed by atoms with E-state index in [1.807, 2.05) is 0 Å². The predicted octanol–water partition coefficient (Wildman–Crippen LogP) is 2.70. The minimum Gasteiger partial charge on any atom is -0.294 e. The molecule has 4 rings (SSSR count). The molecule has 3 aromatic heterocycles. The second kappa shape index (κ2) is 7.51. The zero-order valence-electron chi connectivity index (χ0n) is 15.5. The lowest BCUT2D eigenvalue weighted by atomic mass is 10.0. The quantitative estimate of drug-likeness (QED) is 0.488. The molecule has 0 saturated carbocycles. The highest BCUT2D eigenvalue weighted by Gasteiger charge is 2.19. The number of sulfone groups is 1. The summed E-state index contributed by atoms with van der Waals surface area (Å²) in [5.41, 5.74) is 2.56. The van der Waals surface area contributed by atoms with E-state index in [0.717, 1.165) is 10.9 Å². The normalized spacial score (nSPS) is 11.6. The number of H-pyrrole nitrogens is 1. The van der Waals surface area contributed by atoms with Crippen molar-refractivity contribution in [2.45, 2.75) is 29.7 Å². The summed E-state index contributed by atoms with van der Waals surface area (Å²) in [6, 6.07) is 8.23. The Morgan fingerprint density at radius 1 is 1.07 bits per heavy atom. The van der Waals surface area contributed by atoms with Crippen LogP contribution >= 0.6 is 0 Å². The number of rotatable bonds is 6. The molecule has 8 nitrogen and oxygen atoms in total. The van der Waals surface area contributed by atoms with Gasteiger partial charge in [-0.25, -0.2) is 18.4 Å². The Morgan fingerprint density at radius 2 is 1.86 bits per heavy atom. The molecule has 0 amide bonds. The molecule has 0 radical (unpaired) electrons. The number of fused-ring (bicyclic) bond motifs is 1. The Morgan fingerprint density at radius 3 is 2.62 bits per heavy atom. The van der Waals surface area contributed by atoms with Crippen LogP contribution in [0.5, 0.6) is 0 Å². The Kier molecular flexibility index (Phi) is 4.89. The molecule has 1 aromatic carbocycles. The summed E-state index contributed by atoms with van der Waals surface area (Å²) in [6.45, 7) is 1.69. The van der Waals surface area contributed by atoms with Gasteiger partial charge in [0.25, 0.3) is 0 Å². The Bertz CT molecular complexity index is 1300. The van der Waals surface area contributed by atoms with Gasteiger partial charge in [0.15, 0.2) is 16.5 Å². The van der Waals surface area contributed by atoms with Crippen LogP contribution < -0.4 is 0 Å². The first-order valence-electron chi connectivity index (χ1n) is 8.88. The number of nitrogens with zero attached hydrogens (tertiary/aromatic N) is 4. The number of hydrogen-bond donors (Lipinski definition) is 1. The van der Waals surface area contributed by atoms with Crippen molar-refractivity contribution in [3.05, 3.63) is 71.9 Å². The van der Waals surface area contributed by atoms with Crippen LogP contribution in [0.1, 0.15) is 28.0 Å². The van der Waals surface area contributed by atoms with E-state index in [9.17, 15) is 13.2 Å². The SMILES string of the molecule is Cc1cncc(S(=O)(=O)c2ccc(CCC(=O)c3cnc4[nH]ncc4c3)cc2)n1. The van der Waals surface area contributed by atoms with Gasteiger partial charge in [-0.3, -0.25) is 14.9 Å². The van der Waals surface area contributed by atoms with Gasteiger partial charge in [0, 0.05) is 29.8 Å². The maximum absolute atomic E-state index is 12.7. The molecule has 3 heterocycles. The first kappa shape index (κ1) is 18.9. The number of aromatic nitrogens is 5. The zero-order chi connectivity index (χ0) is 20.4. The lowest BCUT2D eigenvalue weighted by molar-refractivity contribution is 0.0982. The van der Waals surface area contributed by atoms with Crippen molar-refractivity contribution in [1.82, 2.24) is 25.1 Å². The first-order valence-corrected chi connectivity index (χ1v) is 10.4. The molecular formula is C20H17N5O3S. The van der Waals surface area contributed by atoms with Gasteiger partial charge in [0.05, 0.1) is 23.0 Å². The van der Waals surface area contributed by atoms with Gasteiger partial charge < -0.3 is 0 Å². The molecule has 0 saturated heterocycles. The number of hydrogen-bond acceptors (Lipinski definition) is 7. The van der Waals surface area contributed by atoms with Crippen molar-refractivity contribution in [1.29, 1.82) is 0 Å². The van der Waals surface area contributed by atoms with E-state index in [-0.39, 0.29) is 15.7 Å². The molecule has 0 spiro atoms. The van der Waals surface area contributed by atoms with Gasteiger partial charge in [-0.05, 0) is 37.1 Å². The van der Waals surface area contributed by atoms with Crippen molar-refractivity contribution < 1.29 is 13.2 Å². The van der Waals surface area contributed by atoms with Crippen LogP contribution in [0.2, 0.25) is 0 Å². The molecule has 146 valence electrons. The topological polar surface area (TPSA) is 119 Å². The van der Waals surface area contributed by atoms with Crippen molar-refractivity contribution in [3.8, 4) is 0 Å². The Balaban J connectivity index is 1.46. The van der Waals surface area contributed by atoms with Gasteiger partial charge in [-0.15, -0.1) is 0 Å². The average Bonchev–Trinajstić information content (AvgIpc) is 3.20. The summed E-state index contributed by atoms with van der Waals surface area (Å²) < 4.78 is 25.3. The number of pyridine rings is 1. The highest BCUT2D eigenvalue weighted by molar-refractivity contribution is 7.91. The second-order valence-electron chi connectivity index (χ2n) is 6.60. The van der Waals surface area contributed by atoms with Crippen LogP contribution in [-0.2, 0) is 16.3 Å². The minimum absolute atomic E-state index is 0.0349. The number of carbonyl (C=O) groups is 1. The summed E-state index contributed by atoms with van der Waals surface area (Å²) in [5.74, 6) is -0.0349. The van der Waals surface area contributed by atoms with Crippen LogP contribution in [0.3, 0.4) is 0 Å². The van der Waals surface area contributed by atoms with Crippen molar-refractivity contribution in [2.24, 2.45) is 0 Å². The summed E-state index contributed by atoms with van der Waals surface area (Å²) in [4.78, 5) is 24.7. The predicted molar refractivity (Wildman–Crippen MR) is 105 cm³/mol. The summed E-state index contributed by atoms with van der Waals surface area (Å²) in [5, 5.41) is 7.34. The van der Waals surface area contributed by atoms with E-state index in [1.165, 1.54) is 30.7 Å². The van der Waals surface area contributed by atoms with E-state index in [4.69, 9.17) is 0 Å². The van der Waals surface area contributed by atoms with Crippen LogP contribution in [0.4, 0.5) is 0 Å². The Hall–Kier alpha value is -3.46. The van der Waals surface area contributed by atoms with Crippen LogP contribution in [-0.4, -0.2) is 39.4 Å². The van der Waals surface area contributed by atoms with Crippen molar-refractivity contribution in [2.75, 3.05) is 0 Å². The summed E-state index contributed by atoms with van der Waals surface area (Å²) >= 11 is 0. The highest BCUT2D eigenvalue weighted by Crippen LogP contribution is 2.20. The van der Waals surface area contributed by atoms with Gasteiger partial charge >= 0.3 is 0 Å². The first-order chi connectivity index (χ1) is 13.9. The number of ketones is 1. The molecular weight excluding hydrogens is 390 g/mol. The standard InChI is InChI=1S/C20H17N5O3S/c1-13-9-21-12-19(24-13)29(27,28)17-5-2-14(3-6-17)4-7-18(26)15-8-16-11-23-25-20(16)22-10-15/h2-3,5-6,8-12H,4,7H2,1H3,(H,22,23,25). The molecule has 0 unspecified atom stereocenters. The number of benzene rings is 1. The fraction of sp³-hybridized carbons (Fsp3) is 0.150. The molecule has 0 fully saturated rings. The summed E-state index contributed by atoms with van der Waals surface area (Å²) in [7, 11) is -3.73. The lowest BCUT2D eigenvalue weighted by Crippen LogP contribution is -2.06. The van der Waals surface area contributed by atoms with E-state index in [1.54, 1.807) is 31.3 Å². The molecule has 0 aliphatic heterocycles. The zero-order valence-corrected chi connectivity index (χ0v) is 16.3. The third-order valence-corrected chi connectivity index (χ3v) is 6.14. The van der Waals surface area contributed by atoms with E-state index < -0.39 is 9.84 Å². The molecule has 0 aliphatic rings. The summed E-state index contributed by atoms with van der Waals surface area (Å²) in [6.07, 6.45) is 6.67. The van der Waals surface area contributed by atoms with Gasteiger partial charge in [-0.1, -0.05) is 12.1 Å². The highest BCUT2D eigenvalue weighted by atomic mass is 32.2. The number of carbonyl (C=O) groups excluding carboxylic acids is 1. The fourth-order valence-electron chi connectivity index (χ4n) is 2.92. The van der Waals surface area contributed by atoms with E-state index in [0.29, 0.717) is 29.7 Å². The molecule has 4 aromatic rings. The van der Waals surface area contributed by atoms with E-state index >= 15 is 0 Å². The van der Waals surface area contributed by atoms with Crippen molar-refractivity contribution in [3.63, 3.8) is 0 Å². The van der Waals surface area contributed by atoms with Crippen molar-refractivity contribution >= 4 is 26.7 Å². The maximum Gasteiger partial charge on any atom is 0.225 e. The number of aryl methyl sites for hydroxylation is 2.